The van der Waals surface area contributed by atoms with Crippen LogP contribution in [0.5, 0.6) is 5.75 Å². The Bertz CT molecular complexity index is 315. The van der Waals surface area contributed by atoms with Gasteiger partial charge in [-0.2, -0.15) is 0 Å². The van der Waals surface area contributed by atoms with Crippen LogP contribution >= 0.6 is 23.2 Å². The summed E-state index contributed by atoms with van der Waals surface area (Å²) in [6.07, 6.45) is 1.22. The SMILES string of the molecule is O/N=C/COc1ccc(Cl)c(Cl)c1. The van der Waals surface area contributed by atoms with Crippen LogP contribution in [0.1, 0.15) is 0 Å². The molecule has 13 heavy (non-hydrogen) atoms. The Kier molecular flexibility index (Phi) is 3.86. The van der Waals surface area contributed by atoms with E-state index in [2.05, 4.69) is 5.16 Å². The molecule has 5 heteroatoms. The van der Waals surface area contributed by atoms with Crippen LogP contribution in [0.15, 0.2) is 23.4 Å². The van der Waals surface area contributed by atoms with Gasteiger partial charge in [-0.1, -0.05) is 28.4 Å². The van der Waals surface area contributed by atoms with Gasteiger partial charge in [0, 0.05) is 6.07 Å². The molecule has 0 atom stereocenters. The summed E-state index contributed by atoms with van der Waals surface area (Å²) in [5, 5.41) is 11.8. The quantitative estimate of drug-likeness (QED) is 0.483. The molecule has 3 nitrogen and oxygen atoms in total. The van der Waals surface area contributed by atoms with Crippen molar-refractivity contribution in [1.82, 2.24) is 0 Å². The van der Waals surface area contributed by atoms with Crippen molar-refractivity contribution >= 4 is 29.4 Å². The summed E-state index contributed by atoms with van der Waals surface area (Å²) < 4.78 is 5.13. The standard InChI is InChI=1S/C8H7Cl2NO2/c9-7-2-1-6(5-8(7)10)13-4-3-11-12/h1-3,5,12H,4H2/b11-3+. The van der Waals surface area contributed by atoms with Crippen molar-refractivity contribution in [2.45, 2.75) is 0 Å². The van der Waals surface area contributed by atoms with E-state index in [-0.39, 0.29) is 6.61 Å². The fourth-order valence-electron chi connectivity index (χ4n) is 0.733. The molecule has 0 amide bonds. The molecule has 0 aliphatic heterocycles. The van der Waals surface area contributed by atoms with Crippen LogP contribution < -0.4 is 4.74 Å². The Hall–Kier alpha value is -0.930. The van der Waals surface area contributed by atoms with Gasteiger partial charge >= 0.3 is 0 Å². The molecule has 0 spiro atoms. The minimum atomic E-state index is 0.189. The van der Waals surface area contributed by atoms with Gasteiger partial charge in [-0.3, -0.25) is 0 Å². The van der Waals surface area contributed by atoms with Crippen LogP contribution in [0.2, 0.25) is 10.0 Å². The van der Waals surface area contributed by atoms with Crippen molar-refractivity contribution in [2.24, 2.45) is 5.16 Å². The fraction of sp³-hybridized carbons (Fsp3) is 0.125. The zero-order valence-corrected chi connectivity index (χ0v) is 8.09. The summed E-state index contributed by atoms with van der Waals surface area (Å²) in [6.45, 7) is 0.189. The molecule has 1 aromatic carbocycles. The number of rotatable bonds is 3. The maximum absolute atomic E-state index is 8.09. The van der Waals surface area contributed by atoms with Gasteiger partial charge < -0.3 is 9.94 Å². The highest BCUT2D eigenvalue weighted by Crippen LogP contribution is 2.25. The predicted octanol–water partition coefficient (Wildman–Crippen LogP) is 2.83. The fourth-order valence-corrected chi connectivity index (χ4v) is 1.02. The Balaban J connectivity index is 2.63. The third-order valence-corrected chi connectivity index (χ3v) is 2.04. The first kappa shape index (κ1) is 10.2. The number of hydrogen-bond acceptors (Lipinski definition) is 3. The zero-order chi connectivity index (χ0) is 9.68. The van der Waals surface area contributed by atoms with E-state index in [9.17, 15) is 0 Å². The highest BCUT2D eigenvalue weighted by molar-refractivity contribution is 6.42. The molecule has 0 unspecified atom stereocenters. The van der Waals surface area contributed by atoms with E-state index in [0.717, 1.165) is 0 Å². The van der Waals surface area contributed by atoms with Gasteiger partial charge in [0.05, 0.1) is 16.3 Å². The molecule has 0 heterocycles. The molecule has 0 fully saturated rings. The summed E-state index contributed by atoms with van der Waals surface area (Å²) in [5.41, 5.74) is 0. The second-order valence-electron chi connectivity index (χ2n) is 2.18. The Morgan fingerprint density at radius 3 is 2.77 bits per heavy atom. The van der Waals surface area contributed by atoms with E-state index in [0.29, 0.717) is 15.8 Å². The zero-order valence-electron chi connectivity index (χ0n) is 6.58. The van der Waals surface area contributed by atoms with Gasteiger partial charge in [-0.25, -0.2) is 0 Å². The van der Waals surface area contributed by atoms with Crippen molar-refractivity contribution in [3.05, 3.63) is 28.2 Å². The van der Waals surface area contributed by atoms with Crippen LogP contribution in [0.25, 0.3) is 0 Å². The van der Waals surface area contributed by atoms with E-state index in [4.69, 9.17) is 33.1 Å². The van der Waals surface area contributed by atoms with Crippen molar-refractivity contribution < 1.29 is 9.94 Å². The van der Waals surface area contributed by atoms with E-state index >= 15 is 0 Å². The monoisotopic (exact) mass is 219 g/mol. The number of benzene rings is 1. The van der Waals surface area contributed by atoms with Crippen LogP contribution in [-0.2, 0) is 0 Å². The molecular formula is C8H7Cl2NO2. The van der Waals surface area contributed by atoms with Gasteiger partial charge in [0.25, 0.3) is 0 Å². The predicted molar refractivity (Wildman–Crippen MR) is 52.2 cm³/mol. The van der Waals surface area contributed by atoms with Gasteiger partial charge in [0.1, 0.15) is 12.4 Å². The first-order chi connectivity index (χ1) is 6.24. The third kappa shape index (κ3) is 3.13. The van der Waals surface area contributed by atoms with Crippen molar-refractivity contribution in [2.75, 3.05) is 6.61 Å². The number of halogens is 2. The Labute approximate surface area is 85.5 Å². The molecule has 0 saturated heterocycles. The van der Waals surface area contributed by atoms with Crippen LogP contribution in [0, 0.1) is 0 Å². The highest BCUT2D eigenvalue weighted by Gasteiger charge is 1.98. The average Bonchev–Trinajstić information content (AvgIpc) is 2.12. The first-order valence-electron chi connectivity index (χ1n) is 3.48. The van der Waals surface area contributed by atoms with Gasteiger partial charge in [-0.05, 0) is 12.1 Å². The van der Waals surface area contributed by atoms with Crippen molar-refractivity contribution in [1.29, 1.82) is 0 Å². The summed E-state index contributed by atoms with van der Waals surface area (Å²) in [7, 11) is 0. The number of nitrogens with zero attached hydrogens (tertiary/aromatic N) is 1. The topological polar surface area (TPSA) is 41.8 Å². The summed E-state index contributed by atoms with van der Waals surface area (Å²) in [6, 6.07) is 4.91. The van der Waals surface area contributed by atoms with Crippen LogP contribution in [-0.4, -0.2) is 18.0 Å². The number of oxime groups is 1. The van der Waals surface area contributed by atoms with Crippen LogP contribution in [0.3, 0.4) is 0 Å². The lowest BCUT2D eigenvalue weighted by Crippen LogP contribution is -1.97. The summed E-state index contributed by atoms with van der Waals surface area (Å²) in [4.78, 5) is 0. The third-order valence-electron chi connectivity index (χ3n) is 1.30. The molecule has 1 aromatic rings. The molecule has 1 N–H and O–H groups in total. The molecule has 0 aliphatic carbocycles. The summed E-state index contributed by atoms with van der Waals surface area (Å²) in [5.74, 6) is 0.578. The maximum atomic E-state index is 8.09. The van der Waals surface area contributed by atoms with Crippen molar-refractivity contribution in [3.8, 4) is 5.75 Å². The van der Waals surface area contributed by atoms with Crippen LogP contribution in [0.4, 0.5) is 0 Å². The molecule has 0 saturated carbocycles. The number of hydrogen-bond donors (Lipinski definition) is 1. The largest absolute Gasteiger partial charge is 0.488 e. The molecule has 1 rings (SSSR count). The van der Waals surface area contributed by atoms with E-state index in [1.165, 1.54) is 6.21 Å². The second kappa shape index (κ2) is 4.94. The molecule has 0 aliphatic rings. The normalized spacial score (nSPS) is 10.6. The van der Waals surface area contributed by atoms with E-state index < -0.39 is 0 Å². The lowest BCUT2D eigenvalue weighted by molar-refractivity contribution is 0.312. The second-order valence-corrected chi connectivity index (χ2v) is 3.00. The summed E-state index contributed by atoms with van der Waals surface area (Å²) >= 11 is 11.4. The highest BCUT2D eigenvalue weighted by atomic mass is 35.5. The van der Waals surface area contributed by atoms with E-state index in [1.54, 1.807) is 18.2 Å². The first-order valence-corrected chi connectivity index (χ1v) is 4.23. The molecular weight excluding hydrogens is 213 g/mol. The molecule has 70 valence electrons. The van der Waals surface area contributed by atoms with Gasteiger partial charge in [0.2, 0.25) is 0 Å². The Morgan fingerprint density at radius 1 is 1.38 bits per heavy atom. The lowest BCUT2D eigenvalue weighted by atomic mass is 10.3. The van der Waals surface area contributed by atoms with Crippen molar-refractivity contribution in [3.63, 3.8) is 0 Å². The molecule has 0 radical (unpaired) electrons. The minimum Gasteiger partial charge on any atom is -0.488 e. The van der Waals surface area contributed by atoms with E-state index in [1.807, 2.05) is 0 Å². The Morgan fingerprint density at radius 2 is 2.15 bits per heavy atom. The minimum absolute atomic E-state index is 0.189. The van der Waals surface area contributed by atoms with Gasteiger partial charge in [0.15, 0.2) is 0 Å². The average molecular weight is 220 g/mol. The molecule has 0 bridgehead atoms. The molecule has 0 aromatic heterocycles. The smallest absolute Gasteiger partial charge is 0.127 e. The lowest BCUT2D eigenvalue weighted by Gasteiger charge is -2.03. The number of ether oxygens (including phenoxy) is 1. The van der Waals surface area contributed by atoms with Gasteiger partial charge in [-0.15, -0.1) is 0 Å². The maximum Gasteiger partial charge on any atom is 0.127 e.